The van der Waals surface area contributed by atoms with Crippen molar-refractivity contribution < 1.29 is 9.59 Å². The number of ketones is 1. The van der Waals surface area contributed by atoms with E-state index in [4.69, 9.17) is 0 Å². The summed E-state index contributed by atoms with van der Waals surface area (Å²) in [6.45, 7) is 1.40. The van der Waals surface area contributed by atoms with E-state index in [-0.39, 0.29) is 11.7 Å². The van der Waals surface area contributed by atoms with Gasteiger partial charge in [-0.25, -0.2) is 0 Å². The zero-order chi connectivity index (χ0) is 9.42. The summed E-state index contributed by atoms with van der Waals surface area (Å²) in [6.07, 6.45) is 6.95. The Kier molecular flexibility index (Phi) is 1.62. The molecule has 0 bridgehead atoms. The molecule has 2 rings (SSSR count). The Labute approximate surface area is 75.2 Å². The third kappa shape index (κ3) is 1.11. The summed E-state index contributed by atoms with van der Waals surface area (Å²) in [5, 5.41) is 0. The van der Waals surface area contributed by atoms with Crippen LogP contribution in [0, 0.1) is 0 Å². The van der Waals surface area contributed by atoms with Crippen LogP contribution in [-0.4, -0.2) is 28.5 Å². The summed E-state index contributed by atoms with van der Waals surface area (Å²) >= 11 is 0. The second kappa shape index (κ2) is 2.65. The smallest absolute Gasteiger partial charge is 0.278 e. The molecule has 66 valence electrons. The number of aliphatic imine (C=N–C) groups is 1. The molecule has 1 atom stereocenters. The molecule has 0 radical (unpaired) electrons. The first kappa shape index (κ1) is 7.91. The highest BCUT2D eigenvalue weighted by atomic mass is 16.2. The van der Waals surface area contributed by atoms with Gasteiger partial charge in [0.15, 0.2) is 11.8 Å². The van der Waals surface area contributed by atoms with E-state index in [0.29, 0.717) is 5.84 Å². The molecule has 0 aromatic rings. The quantitative estimate of drug-likeness (QED) is 0.539. The van der Waals surface area contributed by atoms with Crippen molar-refractivity contribution in [2.24, 2.45) is 4.99 Å². The minimum absolute atomic E-state index is 0.177. The van der Waals surface area contributed by atoms with Crippen molar-refractivity contribution in [1.82, 2.24) is 4.90 Å². The summed E-state index contributed by atoms with van der Waals surface area (Å²) in [7, 11) is 0. The van der Waals surface area contributed by atoms with Crippen LogP contribution in [-0.2, 0) is 9.59 Å². The number of allylic oxidation sites excluding steroid dienone is 2. The molecule has 1 amide bonds. The zero-order valence-corrected chi connectivity index (χ0v) is 7.10. The molecular formula is C9H8N2O2. The summed E-state index contributed by atoms with van der Waals surface area (Å²) in [5.74, 6) is -0.00454. The molecule has 0 aliphatic carbocycles. The van der Waals surface area contributed by atoms with Crippen molar-refractivity contribution in [2.45, 2.75) is 13.0 Å². The van der Waals surface area contributed by atoms with Gasteiger partial charge in [-0.1, -0.05) is 6.08 Å². The average molecular weight is 176 g/mol. The van der Waals surface area contributed by atoms with Crippen LogP contribution in [0.25, 0.3) is 0 Å². The molecule has 0 aromatic heterocycles. The van der Waals surface area contributed by atoms with Gasteiger partial charge in [0.25, 0.3) is 5.91 Å². The van der Waals surface area contributed by atoms with Gasteiger partial charge in [-0.2, -0.15) is 4.99 Å². The number of carbonyl (C=O) groups excluding carboxylic acids is 2. The van der Waals surface area contributed by atoms with E-state index in [0.717, 1.165) is 0 Å². The van der Waals surface area contributed by atoms with Gasteiger partial charge in [0.2, 0.25) is 0 Å². The maximum absolute atomic E-state index is 11.3. The number of Topliss-reactive ketones (excluding diaryl/α,β-unsaturated/α-hetero) is 1. The Morgan fingerprint density at radius 1 is 1.54 bits per heavy atom. The number of rotatable bonds is 1. The van der Waals surface area contributed by atoms with E-state index in [1.54, 1.807) is 29.3 Å². The summed E-state index contributed by atoms with van der Waals surface area (Å²) in [4.78, 5) is 27.7. The van der Waals surface area contributed by atoms with Crippen LogP contribution >= 0.6 is 0 Å². The lowest BCUT2D eigenvalue weighted by Crippen LogP contribution is -2.39. The standard InChI is InChI=1S/C9H8N2O2/c1-6(12)8-9(13)10-7-4-2-3-5-11(7)8/h2-5,8H,1H3/t8-/m1/s1. The van der Waals surface area contributed by atoms with E-state index in [2.05, 4.69) is 4.99 Å². The molecule has 13 heavy (non-hydrogen) atoms. The average Bonchev–Trinajstić information content (AvgIpc) is 2.39. The first-order valence-corrected chi connectivity index (χ1v) is 3.96. The normalized spacial score (nSPS) is 24.7. The monoisotopic (exact) mass is 176 g/mol. The number of carbonyl (C=O) groups is 2. The van der Waals surface area contributed by atoms with Gasteiger partial charge in [0.05, 0.1) is 0 Å². The van der Waals surface area contributed by atoms with E-state index < -0.39 is 6.04 Å². The molecule has 0 fully saturated rings. The van der Waals surface area contributed by atoms with Crippen LogP contribution in [0.5, 0.6) is 0 Å². The fourth-order valence-corrected chi connectivity index (χ4v) is 1.42. The minimum atomic E-state index is -0.740. The first-order chi connectivity index (χ1) is 6.20. The van der Waals surface area contributed by atoms with Crippen molar-refractivity contribution in [3.63, 3.8) is 0 Å². The lowest BCUT2D eigenvalue weighted by molar-refractivity contribution is -0.128. The highest BCUT2D eigenvalue weighted by molar-refractivity contribution is 6.18. The molecule has 0 saturated carbocycles. The number of hydrogen-bond acceptors (Lipinski definition) is 3. The van der Waals surface area contributed by atoms with Crippen LogP contribution in [0.15, 0.2) is 29.4 Å². The third-order valence-corrected chi connectivity index (χ3v) is 1.99. The predicted molar refractivity (Wildman–Crippen MR) is 47.0 cm³/mol. The van der Waals surface area contributed by atoms with Crippen LogP contribution in [0.4, 0.5) is 0 Å². The predicted octanol–water partition coefficient (Wildman–Crippen LogP) is 0.268. The van der Waals surface area contributed by atoms with E-state index in [1.807, 2.05) is 0 Å². The maximum atomic E-state index is 11.3. The van der Waals surface area contributed by atoms with Gasteiger partial charge < -0.3 is 4.90 Å². The summed E-state index contributed by atoms with van der Waals surface area (Å²) in [5.41, 5.74) is 0. The number of hydrogen-bond donors (Lipinski definition) is 0. The Hall–Kier alpha value is -1.71. The maximum Gasteiger partial charge on any atom is 0.278 e. The third-order valence-electron chi connectivity index (χ3n) is 1.99. The van der Waals surface area contributed by atoms with Gasteiger partial charge in [-0.05, 0) is 19.1 Å². The van der Waals surface area contributed by atoms with Gasteiger partial charge in [0, 0.05) is 6.20 Å². The Balaban J connectivity index is 2.38. The van der Waals surface area contributed by atoms with Crippen molar-refractivity contribution in [1.29, 1.82) is 0 Å². The Morgan fingerprint density at radius 3 is 3.00 bits per heavy atom. The number of amidine groups is 1. The summed E-state index contributed by atoms with van der Waals surface area (Å²) in [6, 6.07) is -0.740. The highest BCUT2D eigenvalue weighted by Crippen LogP contribution is 2.17. The van der Waals surface area contributed by atoms with E-state index >= 15 is 0 Å². The molecule has 4 heteroatoms. The number of nitrogens with zero attached hydrogens (tertiary/aromatic N) is 2. The molecule has 0 N–H and O–H groups in total. The topological polar surface area (TPSA) is 49.7 Å². The van der Waals surface area contributed by atoms with Crippen molar-refractivity contribution >= 4 is 17.5 Å². The molecule has 2 aliphatic rings. The molecule has 4 nitrogen and oxygen atoms in total. The lowest BCUT2D eigenvalue weighted by Gasteiger charge is -2.20. The summed E-state index contributed by atoms with van der Waals surface area (Å²) < 4.78 is 0. The molecule has 0 saturated heterocycles. The largest absolute Gasteiger partial charge is 0.313 e. The zero-order valence-electron chi connectivity index (χ0n) is 7.10. The van der Waals surface area contributed by atoms with Gasteiger partial charge in [-0.3, -0.25) is 9.59 Å². The van der Waals surface area contributed by atoms with Crippen LogP contribution in [0.1, 0.15) is 6.92 Å². The van der Waals surface area contributed by atoms with Crippen molar-refractivity contribution in [3.8, 4) is 0 Å². The van der Waals surface area contributed by atoms with Gasteiger partial charge >= 0.3 is 0 Å². The highest BCUT2D eigenvalue weighted by Gasteiger charge is 2.36. The van der Waals surface area contributed by atoms with Crippen LogP contribution in [0.2, 0.25) is 0 Å². The molecule has 0 aromatic carbocycles. The number of amides is 1. The molecule has 2 aliphatic heterocycles. The number of fused-ring (bicyclic) bond motifs is 1. The molecule has 0 spiro atoms. The minimum Gasteiger partial charge on any atom is -0.313 e. The van der Waals surface area contributed by atoms with Gasteiger partial charge in [0.1, 0.15) is 5.84 Å². The fraction of sp³-hybridized carbons (Fsp3) is 0.222. The Morgan fingerprint density at radius 2 is 2.31 bits per heavy atom. The van der Waals surface area contributed by atoms with E-state index in [9.17, 15) is 9.59 Å². The Bertz CT molecular complexity index is 366. The second-order valence-corrected chi connectivity index (χ2v) is 2.93. The molecule has 0 unspecified atom stereocenters. The fourth-order valence-electron chi connectivity index (χ4n) is 1.42. The second-order valence-electron chi connectivity index (χ2n) is 2.93. The van der Waals surface area contributed by atoms with E-state index in [1.165, 1.54) is 6.92 Å². The van der Waals surface area contributed by atoms with Crippen molar-refractivity contribution in [2.75, 3.05) is 0 Å². The molecule has 2 heterocycles. The lowest BCUT2D eigenvalue weighted by atomic mass is 10.2. The van der Waals surface area contributed by atoms with Crippen molar-refractivity contribution in [3.05, 3.63) is 24.4 Å². The molecular weight excluding hydrogens is 168 g/mol. The van der Waals surface area contributed by atoms with Gasteiger partial charge in [-0.15, -0.1) is 0 Å². The SMILES string of the molecule is CC(=O)[C@@H]1C(=O)N=C2C=CC=CN21. The van der Waals surface area contributed by atoms with Crippen LogP contribution in [0.3, 0.4) is 0 Å². The first-order valence-electron chi connectivity index (χ1n) is 3.96. The van der Waals surface area contributed by atoms with Crippen LogP contribution < -0.4 is 0 Å².